The Kier molecular flexibility index (Phi) is 8.20. The van der Waals surface area contributed by atoms with Gasteiger partial charge in [0, 0.05) is 31.0 Å². The molecule has 0 aliphatic carbocycles. The molecule has 34 heavy (non-hydrogen) atoms. The van der Waals surface area contributed by atoms with Gasteiger partial charge in [0.15, 0.2) is 11.5 Å². The average molecular weight is 463 g/mol. The van der Waals surface area contributed by atoms with Crippen LogP contribution in [0.4, 0.5) is 0 Å². The Balaban J connectivity index is 1.18. The van der Waals surface area contributed by atoms with Crippen molar-refractivity contribution < 1.29 is 14.3 Å². The van der Waals surface area contributed by atoms with Crippen molar-refractivity contribution in [3.8, 4) is 22.9 Å². The van der Waals surface area contributed by atoms with Crippen LogP contribution in [0.25, 0.3) is 11.4 Å². The van der Waals surface area contributed by atoms with Crippen molar-refractivity contribution >= 4 is 5.91 Å². The van der Waals surface area contributed by atoms with E-state index in [1.807, 2.05) is 42.6 Å². The highest BCUT2D eigenvalue weighted by Crippen LogP contribution is 2.27. The Hall–Kier alpha value is -3.32. The second-order valence-electron chi connectivity index (χ2n) is 8.78. The first-order chi connectivity index (χ1) is 16.7. The van der Waals surface area contributed by atoms with Gasteiger partial charge in [0.25, 0.3) is 0 Å². The molecule has 180 valence electrons. The maximum absolute atomic E-state index is 12.5. The highest BCUT2D eigenvalue weighted by molar-refractivity contribution is 5.78. The quantitative estimate of drug-likeness (QED) is 0.498. The zero-order valence-corrected chi connectivity index (χ0v) is 20.1. The lowest BCUT2D eigenvalue weighted by Crippen LogP contribution is -2.42. The second kappa shape index (κ2) is 11.7. The Bertz CT molecular complexity index is 1060. The van der Waals surface area contributed by atoms with E-state index < -0.39 is 0 Å². The average Bonchev–Trinajstić information content (AvgIpc) is 3.33. The second-order valence-corrected chi connectivity index (χ2v) is 8.78. The zero-order chi connectivity index (χ0) is 23.8. The van der Waals surface area contributed by atoms with Crippen LogP contribution in [0.3, 0.4) is 0 Å². The highest BCUT2D eigenvalue weighted by Gasteiger charge is 2.22. The number of amides is 1. The number of hydrogen-bond donors (Lipinski definition) is 1. The minimum atomic E-state index is 0.0832. The molecule has 0 radical (unpaired) electrons. The monoisotopic (exact) mass is 462 g/mol. The third-order valence-corrected chi connectivity index (χ3v) is 6.46. The summed E-state index contributed by atoms with van der Waals surface area (Å²) in [5.74, 6) is 3.13. The van der Waals surface area contributed by atoms with Crippen LogP contribution in [0.2, 0.25) is 0 Å². The summed E-state index contributed by atoms with van der Waals surface area (Å²) in [4.78, 5) is 19.3. The van der Waals surface area contributed by atoms with E-state index in [4.69, 9.17) is 9.47 Å². The molecule has 0 spiro atoms. The summed E-state index contributed by atoms with van der Waals surface area (Å²) < 4.78 is 12.9. The number of methoxy groups -OCH3 is 2. The van der Waals surface area contributed by atoms with Crippen molar-refractivity contribution in [2.24, 2.45) is 5.92 Å². The van der Waals surface area contributed by atoms with Gasteiger partial charge >= 0.3 is 0 Å². The maximum Gasteiger partial charge on any atom is 0.234 e. The zero-order valence-electron chi connectivity index (χ0n) is 20.1. The third kappa shape index (κ3) is 6.17. The van der Waals surface area contributed by atoms with E-state index in [1.54, 1.807) is 14.2 Å². The molecule has 2 aromatic carbocycles. The number of hydrogen-bond acceptors (Lipinski definition) is 5. The lowest BCUT2D eigenvalue weighted by molar-refractivity contribution is -0.122. The Morgan fingerprint density at radius 2 is 1.82 bits per heavy atom. The summed E-state index contributed by atoms with van der Waals surface area (Å²) in [7, 11) is 3.25. The van der Waals surface area contributed by atoms with Crippen LogP contribution in [-0.2, 0) is 17.8 Å². The molecule has 3 aromatic rings. The van der Waals surface area contributed by atoms with Gasteiger partial charge in [-0.3, -0.25) is 9.69 Å². The molecule has 1 aliphatic heterocycles. The van der Waals surface area contributed by atoms with Gasteiger partial charge < -0.3 is 19.4 Å². The van der Waals surface area contributed by atoms with Gasteiger partial charge in [-0.05, 0) is 56.0 Å². The topological polar surface area (TPSA) is 68.6 Å². The van der Waals surface area contributed by atoms with Gasteiger partial charge in [-0.25, -0.2) is 4.98 Å². The molecule has 0 saturated carbocycles. The predicted octanol–water partition coefficient (Wildman–Crippen LogP) is 3.64. The standard InChI is InChI=1S/C27H34N4O3/c1-33-24-9-8-21(18-25(24)34-2)10-13-28-26(32)20-30-15-11-22(12-16-30)19-31-17-14-29-27(31)23-6-4-3-5-7-23/h3-9,14,17-18,22H,10-13,15-16,19-20H2,1-2H3,(H,28,32). The number of likely N-dealkylation sites (tertiary alicyclic amines) is 1. The Morgan fingerprint density at radius 3 is 2.56 bits per heavy atom. The van der Waals surface area contributed by atoms with E-state index in [-0.39, 0.29) is 5.91 Å². The number of aromatic nitrogens is 2. The lowest BCUT2D eigenvalue weighted by atomic mass is 9.96. The van der Waals surface area contributed by atoms with Crippen molar-refractivity contribution in [2.75, 3.05) is 40.4 Å². The SMILES string of the molecule is COc1ccc(CCNC(=O)CN2CCC(Cn3ccnc3-c3ccccc3)CC2)cc1OC. The smallest absolute Gasteiger partial charge is 0.234 e. The molecular formula is C27H34N4O3. The first-order valence-electron chi connectivity index (χ1n) is 11.9. The maximum atomic E-state index is 12.5. The normalized spacial score (nSPS) is 14.6. The summed E-state index contributed by atoms with van der Waals surface area (Å²) in [6.45, 7) is 3.93. The van der Waals surface area contributed by atoms with Gasteiger partial charge in [-0.1, -0.05) is 36.4 Å². The minimum Gasteiger partial charge on any atom is -0.493 e. The summed E-state index contributed by atoms with van der Waals surface area (Å²) >= 11 is 0. The van der Waals surface area contributed by atoms with E-state index in [2.05, 4.69) is 38.1 Å². The number of nitrogens with zero attached hydrogens (tertiary/aromatic N) is 3. The van der Waals surface area contributed by atoms with E-state index in [1.165, 1.54) is 0 Å². The fraction of sp³-hybridized carbons (Fsp3) is 0.407. The first-order valence-corrected chi connectivity index (χ1v) is 11.9. The van der Waals surface area contributed by atoms with Gasteiger partial charge in [-0.2, -0.15) is 0 Å². The Labute approximate surface area is 201 Å². The van der Waals surface area contributed by atoms with Gasteiger partial charge in [0.1, 0.15) is 5.82 Å². The molecule has 7 nitrogen and oxygen atoms in total. The van der Waals surface area contributed by atoms with Gasteiger partial charge in [0.05, 0.1) is 20.8 Å². The number of ether oxygens (including phenoxy) is 2. The summed E-state index contributed by atoms with van der Waals surface area (Å²) in [5.41, 5.74) is 2.25. The predicted molar refractivity (Wildman–Crippen MR) is 133 cm³/mol. The van der Waals surface area contributed by atoms with Crippen molar-refractivity contribution in [3.63, 3.8) is 0 Å². The fourth-order valence-electron chi connectivity index (χ4n) is 4.55. The van der Waals surface area contributed by atoms with Crippen molar-refractivity contribution in [3.05, 3.63) is 66.5 Å². The number of benzene rings is 2. The highest BCUT2D eigenvalue weighted by atomic mass is 16.5. The molecule has 1 fully saturated rings. The van der Waals surface area contributed by atoms with E-state index in [0.29, 0.717) is 30.5 Å². The van der Waals surface area contributed by atoms with Crippen LogP contribution in [0, 0.1) is 5.92 Å². The molecule has 1 amide bonds. The van der Waals surface area contributed by atoms with Crippen molar-refractivity contribution in [1.82, 2.24) is 19.8 Å². The number of carbonyl (C=O) groups is 1. The summed E-state index contributed by atoms with van der Waals surface area (Å²) in [6.07, 6.45) is 6.88. The van der Waals surface area contributed by atoms with E-state index in [9.17, 15) is 4.79 Å². The number of carbonyl (C=O) groups excluding carboxylic acids is 1. The minimum absolute atomic E-state index is 0.0832. The molecule has 1 aliphatic rings. The molecule has 1 aromatic heterocycles. The summed E-state index contributed by atoms with van der Waals surface area (Å²) in [5, 5.41) is 3.05. The number of nitrogens with one attached hydrogen (secondary N) is 1. The third-order valence-electron chi connectivity index (χ3n) is 6.46. The first kappa shape index (κ1) is 23.8. The van der Waals surface area contributed by atoms with Crippen molar-refractivity contribution in [1.29, 1.82) is 0 Å². The van der Waals surface area contributed by atoms with E-state index >= 15 is 0 Å². The molecule has 0 atom stereocenters. The molecule has 0 unspecified atom stereocenters. The number of rotatable bonds is 10. The molecule has 1 N–H and O–H groups in total. The molecular weight excluding hydrogens is 428 g/mol. The van der Waals surface area contributed by atoms with Crippen LogP contribution in [-0.4, -0.2) is 60.8 Å². The van der Waals surface area contributed by atoms with Gasteiger partial charge in [-0.15, -0.1) is 0 Å². The largest absolute Gasteiger partial charge is 0.493 e. The molecule has 1 saturated heterocycles. The molecule has 7 heteroatoms. The van der Waals surface area contributed by atoms with Crippen LogP contribution < -0.4 is 14.8 Å². The molecule has 0 bridgehead atoms. The molecule has 2 heterocycles. The number of imidazole rings is 1. The van der Waals surface area contributed by atoms with Crippen LogP contribution in [0.15, 0.2) is 60.9 Å². The fourth-order valence-corrected chi connectivity index (χ4v) is 4.55. The van der Waals surface area contributed by atoms with Crippen LogP contribution >= 0.6 is 0 Å². The summed E-state index contributed by atoms with van der Waals surface area (Å²) in [6, 6.07) is 16.2. The van der Waals surface area contributed by atoms with Crippen LogP contribution in [0.5, 0.6) is 11.5 Å². The number of piperidine rings is 1. The van der Waals surface area contributed by atoms with E-state index in [0.717, 1.165) is 55.8 Å². The van der Waals surface area contributed by atoms with Crippen molar-refractivity contribution in [2.45, 2.75) is 25.8 Å². The van der Waals surface area contributed by atoms with Crippen LogP contribution in [0.1, 0.15) is 18.4 Å². The molecule has 4 rings (SSSR count). The van der Waals surface area contributed by atoms with Gasteiger partial charge in [0.2, 0.25) is 5.91 Å². The Morgan fingerprint density at radius 1 is 1.06 bits per heavy atom. The lowest BCUT2D eigenvalue weighted by Gasteiger charge is -2.31.